The first-order valence-electron chi connectivity index (χ1n) is 7.80. The number of rotatable bonds is 5. The van der Waals surface area contributed by atoms with Crippen LogP contribution in [-0.4, -0.2) is 11.0 Å². The van der Waals surface area contributed by atoms with Gasteiger partial charge in [-0.1, -0.05) is 33.8 Å². The SMILES string of the molecule is CC(CC(NN)C1CCc2cccnc21)CC(C)(C)C. The lowest BCUT2D eigenvalue weighted by Gasteiger charge is -2.29. The van der Waals surface area contributed by atoms with Crippen LogP contribution < -0.4 is 11.3 Å². The molecule has 3 N–H and O–H groups in total. The van der Waals surface area contributed by atoms with Crippen LogP contribution in [-0.2, 0) is 6.42 Å². The third kappa shape index (κ3) is 3.80. The summed E-state index contributed by atoms with van der Waals surface area (Å²) in [6.07, 6.45) is 6.56. The largest absolute Gasteiger partial charge is 0.271 e. The molecule has 0 saturated heterocycles. The van der Waals surface area contributed by atoms with E-state index in [-0.39, 0.29) is 0 Å². The molecule has 0 bridgehead atoms. The summed E-state index contributed by atoms with van der Waals surface area (Å²) in [5, 5.41) is 0. The maximum atomic E-state index is 5.84. The molecule has 0 saturated carbocycles. The van der Waals surface area contributed by atoms with E-state index in [1.807, 2.05) is 12.3 Å². The third-order valence-corrected chi connectivity index (χ3v) is 4.32. The summed E-state index contributed by atoms with van der Waals surface area (Å²) < 4.78 is 0. The summed E-state index contributed by atoms with van der Waals surface area (Å²) in [6, 6.07) is 4.58. The van der Waals surface area contributed by atoms with Gasteiger partial charge >= 0.3 is 0 Å². The van der Waals surface area contributed by atoms with Crippen molar-refractivity contribution in [3.05, 3.63) is 29.6 Å². The molecule has 20 heavy (non-hydrogen) atoms. The quantitative estimate of drug-likeness (QED) is 0.639. The molecule has 2 rings (SSSR count). The van der Waals surface area contributed by atoms with Crippen LogP contribution in [0.4, 0.5) is 0 Å². The van der Waals surface area contributed by atoms with Gasteiger partial charge in [-0.25, -0.2) is 0 Å². The van der Waals surface area contributed by atoms with E-state index in [0.29, 0.717) is 23.3 Å². The number of hydrazine groups is 1. The van der Waals surface area contributed by atoms with Crippen LogP contribution >= 0.6 is 0 Å². The van der Waals surface area contributed by atoms with Gasteiger partial charge in [0.05, 0.1) is 0 Å². The molecule has 1 heterocycles. The standard InChI is InChI=1S/C17H29N3/c1-12(11-17(2,3)4)10-15(20-18)14-8-7-13-6-5-9-19-16(13)14/h5-6,9,12,14-15,20H,7-8,10-11,18H2,1-4H3. The van der Waals surface area contributed by atoms with Gasteiger partial charge in [-0.3, -0.25) is 16.3 Å². The lowest BCUT2D eigenvalue weighted by molar-refractivity contribution is 0.262. The number of aromatic nitrogens is 1. The van der Waals surface area contributed by atoms with Crippen molar-refractivity contribution in [1.29, 1.82) is 0 Å². The second-order valence-corrected chi connectivity index (χ2v) is 7.57. The van der Waals surface area contributed by atoms with Gasteiger partial charge in [0.2, 0.25) is 0 Å². The molecular weight excluding hydrogens is 246 g/mol. The number of hydrogen-bond acceptors (Lipinski definition) is 3. The third-order valence-electron chi connectivity index (χ3n) is 4.32. The van der Waals surface area contributed by atoms with E-state index in [9.17, 15) is 0 Å². The van der Waals surface area contributed by atoms with E-state index in [0.717, 1.165) is 12.8 Å². The van der Waals surface area contributed by atoms with E-state index < -0.39 is 0 Å². The Morgan fingerprint density at radius 1 is 1.45 bits per heavy atom. The number of pyridine rings is 1. The number of nitrogens with two attached hydrogens (primary N) is 1. The Balaban J connectivity index is 2.03. The topological polar surface area (TPSA) is 50.9 Å². The average Bonchev–Trinajstić information content (AvgIpc) is 2.77. The molecular formula is C17H29N3. The molecule has 0 aliphatic heterocycles. The summed E-state index contributed by atoms with van der Waals surface area (Å²) in [7, 11) is 0. The minimum absolute atomic E-state index is 0.337. The second kappa shape index (κ2) is 6.23. The summed E-state index contributed by atoms with van der Waals surface area (Å²) >= 11 is 0. The summed E-state index contributed by atoms with van der Waals surface area (Å²) in [6.45, 7) is 9.26. The van der Waals surface area contributed by atoms with E-state index in [1.54, 1.807) is 0 Å². The van der Waals surface area contributed by atoms with Gasteiger partial charge in [0.25, 0.3) is 0 Å². The highest BCUT2D eigenvalue weighted by Crippen LogP contribution is 2.37. The highest BCUT2D eigenvalue weighted by Gasteiger charge is 2.31. The molecule has 1 aliphatic carbocycles. The fraction of sp³-hybridized carbons (Fsp3) is 0.706. The molecule has 3 unspecified atom stereocenters. The lowest BCUT2D eigenvalue weighted by atomic mass is 9.80. The molecule has 112 valence electrons. The van der Waals surface area contributed by atoms with Crippen LogP contribution in [0.25, 0.3) is 0 Å². The van der Waals surface area contributed by atoms with Crippen LogP contribution in [0, 0.1) is 11.3 Å². The molecule has 0 fully saturated rings. The first-order valence-corrected chi connectivity index (χ1v) is 7.80. The zero-order valence-corrected chi connectivity index (χ0v) is 13.3. The summed E-state index contributed by atoms with van der Waals surface area (Å²) in [4.78, 5) is 4.60. The summed E-state index contributed by atoms with van der Waals surface area (Å²) in [5.41, 5.74) is 6.11. The van der Waals surface area contributed by atoms with Crippen LogP contribution in [0.5, 0.6) is 0 Å². The molecule has 3 heteroatoms. The van der Waals surface area contributed by atoms with Crippen LogP contribution in [0.2, 0.25) is 0 Å². The minimum atomic E-state index is 0.337. The molecule has 3 atom stereocenters. The van der Waals surface area contributed by atoms with Gasteiger partial charge in [-0.15, -0.1) is 0 Å². The fourth-order valence-electron chi connectivity index (χ4n) is 3.75. The Labute approximate surface area is 123 Å². The number of hydrogen-bond donors (Lipinski definition) is 2. The highest BCUT2D eigenvalue weighted by molar-refractivity contribution is 5.29. The van der Waals surface area contributed by atoms with Crippen molar-refractivity contribution < 1.29 is 0 Å². The average molecular weight is 275 g/mol. The van der Waals surface area contributed by atoms with Crippen LogP contribution in [0.1, 0.15) is 64.1 Å². The maximum Gasteiger partial charge on any atom is 0.0482 e. The highest BCUT2D eigenvalue weighted by atomic mass is 15.2. The van der Waals surface area contributed by atoms with Gasteiger partial charge in [0.15, 0.2) is 0 Å². The second-order valence-electron chi connectivity index (χ2n) is 7.57. The number of fused-ring (bicyclic) bond motifs is 1. The van der Waals surface area contributed by atoms with Crippen molar-refractivity contribution in [2.75, 3.05) is 0 Å². The van der Waals surface area contributed by atoms with Gasteiger partial charge in [-0.2, -0.15) is 0 Å². The Hall–Kier alpha value is -0.930. The molecule has 1 aliphatic rings. The Morgan fingerprint density at radius 2 is 2.20 bits per heavy atom. The zero-order chi connectivity index (χ0) is 14.8. The Bertz CT molecular complexity index is 436. The molecule has 0 radical (unpaired) electrons. The molecule has 1 aromatic heterocycles. The van der Waals surface area contributed by atoms with Crippen molar-refractivity contribution in [3.63, 3.8) is 0 Å². The van der Waals surface area contributed by atoms with Crippen molar-refractivity contribution in [1.82, 2.24) is 10.4 Å². The predicted octanol–water partition coefficient (Wildman–Crippen LogP) is 3.41. The van der Waals surface area contributed by atoms with E-state index in [4.69, 9.17) is 5.84 Å². The number of nitrogens with one attached hydrogen (secondary N) is 1. The fourth-order valence-corrected chi connectivity index (χ4v) is 3.75. The smallest absolute Gasteiger partial charge is 0.0482 e. The van der Waals surface area contributed by atoms with E-state index in [1.165, 1.54) is 24.1 Å². The molecule has 1 aromatic rings. The van der Waals surface area contributed by atoms with Gasteiger partial charge < -0.3 is 0 Å². The normalized spacial score (nSPS) is 21.6. The van der Waals surface area contributed by atoms with Crippen molar-refractivity contribution in [2.45, 2.75) is 65.3 Å². The molecule has 0 amide bonds. The minimum Gasteiger partial charge on any atom is -0.271 e. The van der Waals surface area contributed by atoms with Crippen molar-refractivity contribution >= 4 is 0 Å². The Morgan fingerprint density at radius 3 is 2.85 bits per heavy atom. The monoisotopic (exact) mass is 275 g/mol. The molecule has 0 spiro atoms. The molecule has 3 nitrogen and oxygen atoms in total. The van der Waals surface area contributed by atoms with Crippen molar-refractivity contribution in [2.24, 2.45) is 17.2 Å². The zero-order valence-electron chi connectivity index (χ0n) is 13.3. The van der Waals surface area contributed by atoms with Crippen molar-refractivity contribution in [3.8, 4) is 0 Å². The van der Waals surface area contributed by atoms with Gasteiger partial charge in [-0.05, 0) is 48.6 Å². The van der Waals surface area contributed by atoms with Gasteiger partial charge in [0.1, 0.15) is 0 Å². The first kappa shape index (κ1) is 15.5. The lowest BCUT2D eigenvalue weighted by Crippen LogP contribution is -2.41. The number of nitrogens with zero attached hydrogens (tertiary/aromatic N) is 1. The molecule has 0 aromatic carbocycles. The maximum absolute atomic E-state index is 5.84. The van der Waals surface area contributed by atoms with Gasteiger partial charge in [0, 0.05) is 23.9 Å². The first-order chi connectivity index (χ1) is 9.40. The van der Waals surface area contributed by atoms with E-state index >= 15 is 0 Å². The van der Waals surface area contributed by atoms with Crippen LogP contribution in [0.15, 0.2) is 18.3 Å². The predicted molar refractivity (Wildman–Crippen MR) is 84.3 cm³/mol. The summed E-state index contributed by atoms with van der Waals surface area (Å²) in [5.74, 6) is 6.99. The Kier molecular flexibility index (Phi) is 4.82. The van der Waals surface area contributed by atoms with Crippen LogP contribution in [0.3, 0.4) is 0 Å². The van der Waals surface area contributed by atoms with E-state index in [2.05, 4.69) is 44.2 Å². The number of aryl methyl sites for hydroxylation is 1.